The Morgan fingerprint density at radius 1 is 0.830 bits per heavy atom. The highest BCUT2D eigenvalue weighted by molar-refractivity contribution is 7.91. The molecule has 1 aliphatic carbocycles. The molecule has 11 heteroatoms. The number of hydrogen-bond donors (Lipinski definition) is 2. The van der Waals surface area contributed by atoms with Gasteiger partial charge in [-0.05, 0) is 71.3 Å². The fourth-order valence-corrected chi connectivity index (χ4v) is 8.49. The van der Waals surface area contributed by atoms with Crippen molar-refractivity contribution in [3.05, 3.63) is 135 Å². The molecule has 2 aliphatic rings. The zero-order valence-electron chi connectivity index (χ0n) is 25.2. The van der Waals surface area contributed by atoms with Crippen molar-refractivity contribution in [3.63, 3.8) is 0 Å². The molecule has 2 N–H and O–H groups in total. The highest BCUT2D eigenvalue weighted by Gasteiger charge is 2.29. The van der Waals surface area contributed by atoms with Crippen LogP contribution in [0.5, 0.6) is 0 Å². The molecule has 7 nitrogen and oxygen atoms in total. The summed E-state index contributed by atoms with van der Waals surface area (Å²) in [6.45, 7) is 0. The van der Waals surface area contributed by atoms with Crippen LogP contribution >= 0.6 is 34.8 Å². The fraction of sp³-hybridized carbons (Fsp3) is 0.194. The third kappa shape index (κ3) is 6.61. The van der Waals surface area contributed by atoms with Crippen LogP contribution in [0.4, 0.5) is 5.69 Å². The van der Waals surface area contributed by atoms with Crippen molar-refractivity contribution in [3.8, 4) is 28.1 Å². The highest BCUT2D eigenvalue weighted by atomic mass is 35.5. The summed E-state index contributed by atoms with van der Waals surface area (Å²) < 4.78 is 30.1. The van der Waals surface area contributed by atoms with Crippen LogP contribution in [0.1, 0.15) is 55.0 Å². The molecule has 1 saturated carbocycles. The number of aliphatic hydroxyl groups is 1. The molecule has 1 aliphatic heterocycles. The lowest BCUT2D eigenvalue weighted by molar-refractivity contribution is 0.392. The second kappa shape index (κ2) is 12.9. The second-order valence-electron chi connectivity index (χ2n) is 11.9. The Kier molecular flexibility index (Phi) is 8.70. The lowest BCUT2D eigenvalue weighted by atomic mass is 9.83. The average Bonchev–Trinajstić information content (AvgIpc) is 3.59. The first-order valence-corrected chi connectivity index (χ1v) is 18.0. The minimum Gasteiger partial charge on any atom is -0.493 e. The van der Waals surface area contributed by atoms with Crippen LogP contribution in [0.25, 0.3) is 28.1 Å². The number of nitrogens with zero attached hydrogens (tertiary/aromatic N) is 3. The maximum atomic E-state index is 12.6. The van der Waals surface area contributed by atoms with Crippen LogP contribution in [0.3, 0.4) is 0 Å². The van der Waals surface area contributed by atoms with Crippen molar-refractivity contribution < 1.29 is 13.5 Å². The van der Waals surface area contributed by atoms with Gasteiger partial charge in [-0.3, -0.25) is 0 Å². The normalized spacial score (nSPS) is 16.2. The summed E-state index contributed by atoms with van der Waals surface area (Å²) in [6, 6.07) is 27.6. The second-order valence-corrected chi connectivity index (χ2v) is 14.7. The summed E-state index contributed by atoms with van der Waals surface area (Å²) in [5.41, 5.74) is 6.86. The van der Waals surface area contributed by atoms with Gasteiger partial charge in [-0.1, -0.05) is 109 Å². The molecule has 7 rings (SSSR count). The van der Waals surface area contributed by atoms with Gasteiger partial charge in [0.25, 0.3) is 0 Å². The molecule has 0 atom stereocenters. The summed E-state index contributed by atoms with van der Waals surface area (Å²) in [6.07, 6.45) is 9.95. The molecule has 0 saturated heterocycles. The van der Waals surface area contributed by atoms with Crippen LogP contribution in [0, 0.1) is 0 Å². The van der Waals surface area contributed by atoms with Gasteiger partial charge < -0.3 is 9.67 Å². The summed E-state index contributed by atoms with van der Waals surface area (Å²) >= 11 is 19.4. The first-order chi connectivity index (χ1) is 22.6. The van der Waals surface area contributed by atoms with Gasteiger partial charge in [0.1, 0.15) is 5.82 Å². The molecule has 0 spiro atoms. The minimum absolute atomic E-state index is 0.335. The first kappa shape index (κ1) is 31.6. The van der Waals surface area contributed by atoms with Crippen molar-refractivity contribution in [2.45, 2.75) is 44.4 Å². The number of aromatic nitrogens is 2. The Hall–Kier alpha value is -3.95. The lowest BCUT2D eigenvalue weighted by Crippen LogP contribution is -2.29. The van der Waals surface area contributed by atoms with E-state index < -0.39 is 16.1 Å². The van der Waals surface area contributed by atoms with Crippen LogP contribution in [0.15, 0.2) is 103 Å². The smallest absolute Gasteiger partial charge is 0.330 e. The Balaban J connectivity index is 1.22. The third-order valence-corrected chi connectivity index (χ3v) is 10.9. The molecule has 0 unspecified atom stereocenters. The van der Waals surface area contributed by atoms with Crippen molar-refractivity contribution in [1.29, 1.82) is 0 Å². The number of aliphatic hydroxyl groups excluding tert-OH is 1. The number of imidazole rings is 1. The number of nitrogens with one attached hydrogen (secondary N) is 1. The van der Waals surface area contributed by atoms with Crippen molar-refractivity contribution in [2.24, 2.45) is 0 Å². The molecule has 2 heterocycles. The van der Waals surface area contributed by atoms with Crippen LogP contribution in [-0.2, 0) is 16.6 Å². The Labute approximate surface area is 289 Å². The summed E-state index contributed by atoms with van der Waals surface area (Å²) in [5.74, 6) is 0.897. The quantitative estimate of drug-likeness (QED) is 0.177. The maximum absolute atomic E-state index is 12.6. The van der Waals surface area contributed by atoms with E-state index in [0.717, 1.165) is 21.6 Å². The Morgan fingerprint density at radius 3 is 2.11 bits per heavy atom. The number of halogens is 3. The van der Waals surface area contributed by atoms with Gasteiger partial charge >= 0.3 is 10.2 Å². The predicted molar refractivity (Wildman–Crippen MR) is 190 cm³/mol. The van der Waals surface area contributed by atoms with Gasteiger partial charge in [0.15, 0.2) is 0 Å². The van der Waals surface area contributed by atoms with Crippen LogP contribution in [-0.4, -0.2) is 23.1 Å². The topological polar surface area (TPSA) is 87.5 Å². The van der Waals surface area contributed by atoms with Crippen LogP contribution < -0.4 is 9.03 Å². The number of anilines is 1. The monoisotopic (exact) mass is 704 g/mol. The number of hydrogen-bond acceptors (Lipinski definition) is 4. The number of benzene rings is 4. The zero-order chi connectivity index (χ0) is 32.7. The SMILES string of the molecule is O=S1(=O)NC(O)=CN1c1cccc(-n2cc(-c3c(Cl)cc(Cl)cc3Cl)nc2Cc2ccc(-c3ccc(C4CCCCC4)cc3)cc2)c1. The summed E-state index contributed by atoms with van der Waals surface area (Å²) in [5, 5.41) is 11.0. The Bertz CT molecular complexity index is 2070. The van der Waals surface area contributed by atoms with Gasteiger partial charge in [-0.15, -0.1) is 0 Å². The van der Waals surface area contributed by atoms with E-state index in [9.17, 15) is 13.5 Å². The van der Waals surface area contributed by atoms with Gasteiger partial charge in [0.05, 0.1) is 27.6 Å². The highest BCUT2D eigenvalue weighted by Crippen LogP contribution is 2.38. The molecule has 5 aromatic rings. The molecule has 1 aromatic heterocycles. The molecular weight excluding hydrogens is 675 g/mol. The van der Waals surface area contributed by atoms with Crippen LogP contribution in [0.2, 0.25) is 15.1 Å². The largest absolute Gasteiger partial charge is 0.493 e. The molecule has 1 fully saturated rings. The zero-order valence-corrected chi connectivity index (χ0v) is 28.3. The summed E-state index contributed by atoms with van der Waals surface area (Å²) in [4.78, 5) is 4.96. The Morgan fingerprint density at radius 2 is 1.47 bits per heavy atom. The molecular formula is C36H31Cl3N4O3S. The maximum Gasteiger partial charge on any atom is 0.330 e. The first-order valence-electron chi connectivity index (χ1n) is 15.4. The van der Waals surface area contributed by atoms with Gasteiger partial charge in [-0.25, -0.2) is 14.0 Å². The van der Waals surface area contributed by atoms with E-state index in [0.29, 0.717) is 55.9 Å². The van der Waals surface area contributed by atoms with Gasteiger partial charge in [0.2, 0.25) is 5.88 Å². The molecule has 0 amide bonds. The van der Waals surface area contributed by atoms with E-state index in [-0.39, 0.29) is 0 Å². The van der Waals surface area contributed by atoms with E-state index in [1.165, 1.54) is 43.2 Å². The molecule has 4 aromatic carbocycles. The van der Waals surface area contributed by atoms with Gasteiger partial charge in [-0.2, -0.15) is 8.42 Å². The molecule has 0 radical (unpaired) electrons. The third-order valence-electron chi connectivity index (χ3n) is 8.77. The van der Waals surface area contributed by atoms with Crippen molar-refractivity contribution in [2.75, 3.05) is 4.31 Å². The van der Waals surface area contributed by atoms with E-state index in [2.05, 4.69) is 53.3 Å². The average molecular weight is 706 g/mol. The molecule has 0 bridgehead atoms. The van der Waals surface area contributed by atoms with Crippen molar-refractivity contribution >= 4 is 50.7 Å². The predicted octanol–water partition coefficient (Wildman–Crippen LogP) is 9.82. The van der Waals surface area contributed by atoms with E-state index in [1.807, 2.05) is 16.8 Å². The minimum atomic E-state index is -3.97. The van der Waals surface area contributed by atoms with Gasteiger partial charge in [0, 0.05) is 28.9 Å². The van der Waals surface area contributed by atoms with E-state index in [1.54, 1.807) is 30.3 Å². The molecule has 240 valence electrons. The van der Waals surface area contributed by atoms with Crippen molar-refractivity contribution in [1.82, 2.24) is 14.3 Å². The number of rotatable bonds is 7. The van der Waals surface area contributed by atoms with E-state index in [4.69, 9.17) is 39.8 Å². The van der Waals surface area contributed by atoms with E-state index >= 15 is 0 Å². The lowest BCUT2D eigenvalue weighted by Gasteiger charge is -2.22. The fourth-order valence-electron chi connectivity index (χ4n) is 6.44. The summed E-state index contributed by atoms with van der Waals surface area (Å²) in [7, 11) is -3.97. The standard InChI is InChI=1S/C36H31Cl3N4O3S/c37-28-18-31(38)36(32(39)19-28)33-21-42(29-7-4-8-30(20-29)43-22-35(44)41-47(43,45)46)34(40-33)17-23-9-11-25(12-10-23)27-15-13-26(14-16-27)24-5-2-1-3-6-24/h4,7-16,18-22,24,41,44H,1-3,5-6,17H2. The molecule has 47 heavy (non-hydrogen) atoms.